The third kappa shape index (κ3) is 12.5. The Morgan fingerprint density at radius 2 is 0.552 bits per heavy atom. The maximum absolute atomic E-state index is 2.50. The van der Waals surface area contributed by atoms with E-state index >= 15 is 0 Å². The smallest absolute Gasteiger partial charge is 0.201 e. The van der Waals surface area contributed by atoms with E-state index in [9.17, 15) is 0 Å². The van der Waals surface area contributed by atoms with Crippen molar-refractivity contribution in [3.05, 3.63) is 307 Å². The van der Waals surface area contributed by atoms with Crippen molar-refractivity contribution in [1.82, 2.24) is 0 Å². The van der Waals surface area contributed by atoms with E-state index in [2.05, 4.69) is 377 Å². The average Bonchev–Trinajstić information content (AvgIpc) is 1.30. The summed E-state index contributed by atoms with van der Waals surface area (Å²) in [5.41, 5.74) is 36.4. The fourth-order valence-corrected chi connectivity index (χ4v) is 14.4. The molecular weight excluding hydrogens is 1340 g/mol. The van der Waals surface area contributed by atoms with Crippen molar-refractivity contribution in [2.24, 2.45) is 14.1 Å². The Hall–Kier alpha value is -9.70. The van der Waals surface area contributed by atoms with Gasteiger partial charge in [0.15, 0.2) is 25.1 Å². The second kappa shape index (κ2) is 25.8. The van der Waals surface area contributed by atoms with E-state index < -0.39 is 0 Å². The van der Waals surface area contributed by atoms with Gasteiger partial charge in [0.1, 0.15) is 14.1 Å². The van der Waals surface area contributed by atoms with E-state index in [4.69, 9.17) is 0 Å². The molecule has 14 rings (SSSR count). The van der Waals surface area contributed by atoms with Crippen LogP contribution in [0.4, 0.5) is 0 Å². The summed E-state index contributed by atoms with van der Waals surface area (Å²) in [5.74, 6) is 0. The summed E-state index contributed by atoms with van der Waals surface area (Å²) in [7, 11) is 4.35. The number of rotatable bonds is 11. The molecule has 96 heavy (non-hydrogen) atoms. The Morgan fingerprint density at radius 1 is 0.250 bits per heavy atom. The molecule has 0 N–H and O–H groups in total. The third-order valence-electron chi connectivity index (χ3n) is 19.8. The van der Waals surface area contributed by atoms with Crippen molar-refractivity contribution >= 4 is 0 Å². The molecule has 0 atom stereocenters. The van der Waals surface area contributed by atoms with Crippen LogP contribution in [0.3, 0.4) is 0 Å². The van der Waals surface area contributed by atoms with Crippen molar-refractivity contribution < 1.29 is 33.8 Å². The van der Waals surface area contributed by atoms with Gasteiger partial charge in [0.05, 0.1) is 5.56 Å². The molecule has 1 aliphatic heterocycles. The summed E-state index contributed by atoms with van der Waals surface area (Å²) in [6.07, 6.45) is 6.74. The molecule has 0 aliphatic carbocycles. The van der Waals surface area contributed by atoms with Crippen molar-refractivity contribution in [3.63, 3.8) is 0 Å². The van der Waals surface area contributed by atoms with Crippen molar-refractivity contribution in [2.45, 2.75) is 99.0 Å². The Morgan fingerprint density at radius 3 is 0.906 bits per heavy atom. The van der Waals surface area contributed by atoms with E-state index in [0.717, 1.165) is 34.4 Å². The minimum atomic E-state index is -0.00833. The van der Waals surface area contributed by atoms with Gasteiger partial charge in [0.25, 0.3) is 0 Å². The van der Waals surface area contributed by atoms with Crippen molar-refractivity contribution in [2.75, 3.05) is 0 Å². The molecular formula is C92H86IrN3+3. The summed E-state index contributed by atoms with van der Waals surface area (Å²) in [6.45, 7) is 26.1. The number of nitrogens with zero attached hydrogens (tertiary/aromatic N) is 3. The molecule has 0 bridgehead atoms. The summed E-state index contributed by atoms with van der Waals surface area (Å²) >= 11 is 0. The van der Waals surface area contributed by atoms with Gasteiger partial charge in [-0.15, -0.1) is 0 Å². The zero-order valence-corrected chi connectivity index (χ0v) is 60.3. The molecule has 0 unspecified atom stereocenters. The van der Waals surface area contributed by atoms with Crippen molar-refractivity contribution in [3.8, 4) is 134 Å². The standard InChI is InChI=1S/C92H86N3.Ir/c1-60-47-84(80(62-29-17-14-18-30-62)56-78(60)87-53-69(90(3,4)5)41-44-93(87)12)75-38-26-23-35-72(75)65-49-66(73-36-24-27-39-76(73)85-48-61(2)79(57-81(85)63-31-19-15-20-32-63)88-54-70(91(6,7)8)42-45-94(88)13)51-67(50-65)74-37-25-28-40-77(74)86-52-68-59-95-46-43-71(92(9,10)11)55-89(95)83(68)58-82(86)64-33-21-16-22-34-64;/h14-58H,59H2,1-13H3;/q+3;. The Kier molecular flexibility index (Phi) is 17.5. The molecule has 13 aromatic rings. The molecule has 4 heteroatoms. The molecule has 1 radical (unpaired) electrons. The minimum Gasteiger partial charge on any atom is -0.201 e. The first-order chi connectivity index (χ1) is 45.6. The summed E-state index contributed by atoms with van der Waals surface area (Å²) in [6, 6.07) is 96.7. The molecule has 4 heterocycles. The monoisotopic (exact) mass is 1430 g/mol. The fourth-order valence-electron chi connectivity index (χ4n) is 14.4. The van der Waals surface area contributed by atoms with Gasteiger partial charge in [-0.1, -0.05) is 226 Å². The Balaban J connectivity index is 0.00000833. The predicted octanol–water partition coefficient (Wildman–Crippen LogP) is 22.5. The maximum Gasteiger partial charge on any atom is 0.213 e. The largest absolute Gasteiger partial charge is 0.213 e. The number of aryl methyl sites for hydroxylation is 4. The number of hydrogen-bond acceptors (Lipinski definition) is 0. The Bertz CT molecular complexity index is 4900. The van der Waals surface area contributed by atoms with E-state index in [1.807, 2.05) is 0 Å². The van der Waals surface area contributed by atoms with E-state index in [1.54, 1.807) is 0 Å². The van der Waals surface area contributed by atoms with Crippen molar-refractivity contribution in [1.29, 1.82) is 0 Å². The zero-order chi connectivity index (χ0) is 66.1. The van der Waals surface area contributed by atoms with Crippen LogP contribution in [-0.2, 0) is 57.0 Å². The molecule has 10 aromatic carbocycles. The molecule has 0 saturated heterocycles. The van der Waals surface area contributed by atoms with Crippen LogP contribution < -0.4 is 13.7 Å². The van der Waals surface area contributed by atoms with Crippen LogP contribution in [0.2, 0.25) is 0 Å². The van der Waals surface area contributed by atoms with Gasteiger partial charge in [0.2, 0.25) is 17.1 Å². The third-order valence-corrected chi connectivity index (χ3v) is 19.8. The van der Waals surface area contributed by atoms with E-state index in [0.29, 0.717) is 0 Å². The van der Waals surface area contributed by atoms with Crippen LogP contribution in [0.15, 0.2) is 273 Å². The van der Waals surface area contributed by atoms with Crippen LogP contribution in [0, 0.1) is 13.8 Å². The number of benzene rings is 10. The minimum absolute atomic E-state index is 0. The molecule has 0 amide bonds. The first-order valence-electron chi connectivity index (χ1n) is 33.8. The number of aromatic nitrogens is 3. The van der Waals surface area contributed by atoms with Crippen LogP contribution in [0.25, 0.3) is 134 Å². The van der Waals surface area contributed by atoms with Crippen LogP contribution in [0.1, 0.15) is 95.7 Å². The SMILES string of the molecule is Cc1cc(-c2ccccc2-c2cc(-c3ccccc3-c3cc(C)c(-c4cc(C(C)(C)C)cc[n+]4C)cc3-c3ccccc3)cc(-c3ccccc3-c3cc4c(cc3-c3ccccc3)-c3cc(C(C)(C)C)cc[n+]3C4)c2)c(-c2ccccc2)cc1-c1cc(C(C)(C)C)cc[n+]1C.[Ir]. The normalized spacial score (nSPS) is 12.1. The first kappa shape index (κ1) is 65.0. The van der Waals surface area contributed by atoms with Gasteiger partial charge >= 0.3 is 0 Å². The van der Waals surface area contributed by atoms with Gasteiger partial charge in [-0.3, -0.25) is 0 Å². The van der Waals surface area contributed by atoms with Crippen LogP contribution in [-0.4, -0.2) is 0 Å². The van der Waals surface area contributed by atoms with Gasteiger partial charge in [-0.05, 0) is 213 Å². The number of pyridine rings is 3. The first-order valence-corrected chi connectivity index (χ1v) is 33.8. The summed E-state index contributed by atoms with van der Waals surface area (Å²) in [4.78, 5) is 0. The van der Waals surface area contributed by atoms with E-state index in [1.165, 1.54) is 139 Å². The molecule has 0 spiro atoms. The van der Waals surface area contributed by atoms with Gasteiger partial charge in [-0.2, -0.15) is 4.57 Å². The molecule has 3 aromatic heterocycles. The number of hydrogen-bond donors (Lipinski definition) is 0. The van der Waals surface area contributed by atoms with Crippen LogP contribution in [0.5, 0.6) is 0 Å². The molecule has 0 fully saturated rings. The summed E-state index contributed by atoms with van der Waals surface area (Å²) in [5, 5.41) is 0. The average molecular weight is 1430 g/mol. The molecule has 3 nitrogen and oxygen atoms in total. The second-order valence-corrected chi connectivity index (χ2v) is 29.5. The van der Waals surface area contributed by atoms with Gasteiger partial charge < -0.3 is 0 Å². The maximum atomic E-state index is 2.50. The topological polar surface area (TPSA) is 11.6 Å². The second-order valence-electron chi connectivity index (χ2n) is 29.5. The zero-order valence-electron chi connectivity index (χ0n) is 57.9. The quantitative estimate of drug-likeness (QED) is 0.114. The van der Waals surface area contributed by atoms with Gasteiger partial charge in [-0.25, -0.2) is 9.13 Å². The van der Waals surface area contributed by atoms with Crippen LogP contribution >= 0.6 is 0 Å². The molecule has 1 aliphatic rings. The predicted molar refractivity (Wildman–Crippen MR) is 399 cm³/mol. The molecule has 0 saturated carbocycles. The fraction of sp³-hybridized carbons (Fsp3) is 0.185. The number of fused-ring (bicyclic) bond motifs is 3. The molecule has 475 valence electrons. The summed E-state index contributed by atoms with van der Waals surface area (Å²) < 4.78 is 6.98. The van der Waals surface area contributed by atoms with E-state index in [-0.39, 0.29) is 36.4 Å². The van der Waals surface area contributed by atoms with Gasteiger partial charge in [0, 0.05) is 73.2 Å². The Labute approximate surface area is 583 Å².